The van der Waals surface area contributed by atoms with Crippen LogP contribution >= 0.6 is 0 Å². The van der Waals surface area contributed by atoms with Crippen molar-refractivity contribution in [1.82, 2.24) is 0 Å². The molecule has 15 heteroatoms. The molecular formula is C45H65N3O12. The lowest BCUT2D eigenvalue weighted by Gasteiger charge is -2.44. The first-order chi connectivity index (χ1) is 29.1. The van der Waals surface area contributed by atoms with Gasteiger partial charge in [-0.05, 0) is 48.2 Å². The topological polar surface area (TPSA) is 191 Å². The summed E-state index contributed by atoms with van der Waals surface area (Å²) in [6, 6.07) is 14.6. The molecule has 2 aromatic carbocycles. The average molecular weight is 840 g/mol. The minimum absolute atomic E-state index is 0.0206. The number of methoxy groups -OCH3 is 1. The maximum absolute atomic E-state index is 13.4. The van der Waals surface area contributed by atoms with E-state index in [4.69, 9.17) is 37.9 Å². The monoisotopic (exact) mass is 839 g/mol. The molecule has 0 radical (unpaired) electrons. The van der Waals surface area contributed by atoms with Gasteiger partial charge in [0.05, 0.1) is 31.9 Å². The second-order valence-electron chi connectivity index (χ2n) is 15.1. The molecule has 7 atom stereocenters. The van der Waals surface area contributed by atoms with Crippen molar-refractivity contribution in [2.24, 2.45) is 5.11 Å². The minimum atomic E-state index is -1.35. The van der Waals surface area contributed by atoms with Crippen LogP contribution in [0.4, 0.5) is 0 Å². The van der Waals surface area contributed by atoms with Crippen LogP contribution in [0.3, 0.4) is 0 Å². The number of esters is 4. The Hall–Kier alpha value is -4.69. The third-order valence-electron chi connectivity index (χ3n) is 10.2. The molecule has 1 heterocycles. The quantitative estimate of drug-likeness (QED) is 0.0189. The Balaban J connectivity index is 1.81. The smallest absolute Gasteiger partial charge is 0.338 e. The van der Waals surface area contributed by atoms with Crippen molar-refractivity contribution in [3.8, 4) is 5.75 Å². The number of azide groups is 1. The minimum Gasteiger partial charge on any atom is -0.497 e. The highest BCUT2D eigenvalue weighted by molar-refractivity contribution is 5.89. The highest BCUT2D eigenvalue weighted by Crippen LogP contribution is 2.31. The van der Waals surface area contributed by atoms with E-state index in [1.54, 1.807) is 61.7 Å². The van der Waals surface area contributed by atoms with E-state index >= 15 is 0 Å². The fourth-order valence-corrected chi connectivity index (χ4v) is 7.04. The number of hydrogen-bond donors (Lipinski definition) is 0. The molecular weight excluding hydrogens is 775 g/mol. The molecule has 1 fully saturated rings. The lowest BCUT2D eigenvalue weighted by molar-refractivity contribution is -0.316. The summed E-state index contributed by atoms with van der Waals surface area (Å²) in [6.45, 7) is 5.10. The molecule has 0 aromatic heterocycles. The van der Waals surface area contributed by atoms with Crippen LogP contribution in [0.25, 0.3) is 10.4 Å². The molecule has 2 aromatic rings. The maximum Gasteiger partial charge on any atom is 0.338 e. The summed E-state index contributed by atoms with van der Waals surface area (Å²) in [4.78, 5) is 53.2. The summed E-state index contributed by atoms with van der Waals surface area (Å²) < 4.78 is 46.8. The maximum atomic E-state index is 13.4. The Morgan fingerprint density at radius 3 is 1.87 bits per heavy atom. The Kier molecular flexibility index (Phi) is 23.8. The van der Waals surface area contributed by atoms with Gasteiger partial charge < -0.3 is 37.9 Å². The zero-order valence-electron chi connectivity index (χ0n) is 36.0. The summed E-state index contributed by atoms with van der Waals surface area (Å²) in [7, 11) is 1.55. The Morgan fingerprint density at radius 1 is 0.733 bits per heavy atom. The van der Waals surface area contributed by atoms with Crippen LogP contribution in [0.15, 0.2) is 59.7 Å². The largest absolute Gasteiger partial charge is 0.497 e. The lowest BCUT2D eigenvalue weighted by Crippen LogP contribution is -2.62. The fraction of sp³-hybridized carbons (Fsp3) is 0.644. The highest BCUT2D eigenvalue weighted by atomic mass is 16.7. The van der Waals surface area contributed by atoms with E-state index in [2.05, 4.69) is 16.9 Å². The first-order valence-corrected chi connectivity index (χ1v) is 21.4. The number of ether oxygens (including phenoxy) is 8. The molecule has 15 nitrogen and oxygen atoms in total. The number of hydrogen-bond acceptors (Lipinski definition) is 13. The van der Waals surface area contributed by atoms with Crippen LogP contribution < -0.4 is 4.74 Å². The third kappa shape index (κ3) is 18.7. The second-order valence-corrected chi connectivity index (χ2v) is 15.1. The number of carbonyl (C=O) groups excluding carboxylic acids is 4. The van der Waals surface area contributed by atoms with Gasteiger partial charge in [-0.25, -0.2) is 4.79 Å². The van der Waals surface area contributed by atoms with Crippen LogP contribution in [0.5, 0.6) is 5.75 Å². The van der Waals surface area contributed by atoms with Crippen molar-refractivity contribution in [2.45, 2.75) is 167 Å². The molecule has 1 aliphatic heterocycles. The first-order valence-electron chi connectivity index (χ1n) is 21.4. The highest BCUT2D eigenvalue weighted by Gasteiger charge is 2.52. The molecule has 1 aliphatic rings. The van der Waals surface area contributed by atoms with Crippen LogP contribution in [-0.4, -0.2) is 87.1 Å². The Morgan fingerprint density at radius 2 is 1.32 bits per heavy atom. The molecule has 0 bridgehead atoms. The van der Waals surface area contributed by atoms with Gasteiger partial charge in [0.15, 0.2) is 18.5 Å². The van der Waals surface area contributed by atoms with Crippen LogP contribution in [0.2, 0.25) is 0 Å². The standard InChI is InChI=1S/C45H65N3O12/c1-6-7-8-9-10-11-12-13-14-15-16-17-21-24-39(59-44(52)36-22-19-18-20-23-36)38(47-48-46)30-56-45-43(55-29-35-25-27-37(53-5)28-26-35)42(58-34(4)51)41(57-33(3)50)40(60-45)31-54-32(2)49/h18-20,22-23,25-28,38-43,45H,6-17,21,24,29-31H2,1-5H3/t38-,39+,40+,41-,42-,43+,45-/m0/s1. The molecule has 0 saturated carbocycles. The number of rotatable bonds is 29. The number of carbonyl (C=O) groups is 4. The predicted molar refractivity (Wildman–Crippen MR) is 223 cm³/mol. The van der Waals surface area contributed by atoms with Crippen molar-refractivity contribution < 1.29 is 57.1 Å². The Bertz CT molecular complexity index is 1600. The molecule has 0 amide bonds. The fourth-order valence-electron chi connectivity index (χ4n) is 7.04. The van der Waals surface area contributed by atoms with Gasteiger partial charge in [-0.2, -0.15) is 0 Å². The van der Waals surface area contributed by atoms with E-state index < -0.39 is 66.7 Å². The zero-order chi connectivity index (χ0) is 43.5. The van der Waals surface area contributed by atoms with Gasteiger partial charge in [0.25, 0.3) is 0 Å². The van der Waals surface area contributed by atoms with Gasteiger partial charge >= 0.3 is 23.9 Å². The van der Waals surface area contributed by atoms with E-state index in [9.17, 15) is 24.7 Å². The molecule has 3 rings (SSSR count). The molecule has 0 aliphatic carbocycles. The van der Waals surface area contributed by atoms with Crippen molar-refractivity contribution in [2.75, 3.05) is 20.3 Å². The van der Waals surface area contributed by atoms with Gasteiger partial charge in [-0.3, -0.25) is 14.4 Å². The van der Waals surface area contributed by atoms with Crippen molar-refractivity contribution in [3.63, 3.8) is 0 Å². The summed E-state index contributed by atoms with van der Waals surface area (Å²) in [6.07, 6.45) is 8.42. The van der Waals surface area contributed by atoms with E-state index in [0.717, 1.165) is 24.8 Å². The Labute approximate surface area is 354 Å². The summed E-state index contributed by atoms with van der Waals surface area (Å²) >= 11 is 0. The summed E-state index contributed by atoms with van der Waals surface area (Å²) in [5.74, 6) is -1.99. The molecule has 0 N–H and O–H groups in total. The van der Waals surface area contributed by atoms with Crippen LogP contribution in [0.1, 0.15) is 134 Å². The average Bonchev–Trinajstić information content (AvgIpc) is 3.23. The predicted octanol–water partition coefficient (Wildman–Crippen LogP) is 9.13. The van der Waals surface area contributed by atoms with Gasteiger partial charge in [-0.15, -0.1) is 0 Å². The second kappa shape index (κ2) is 28.7. The number of nitrogens with zero attached hydrogens (tertiary/aromatic N) is 3. The van der Waals surface area contributed by atoms with E-state index in [-0.39, 0.29) is 19.8 Å². The molecule has 60 heavy (non-hydrogen) atoms. The number of unbranched alkanes of at least 4 members (excludes halogenated alkanes) is 12. The van der Waals surface area contributed by atoms with E-state index in [1.807, 2.05) is 0 Å². The molecule has 1 saturated heterocycles. The van der Waals surface area contributed by atoms with E-state index in [1.165, 1.54) is 78.6 Å². The van der Waals surface area contributed by atoms with Crippen LogP contribution in [-0.2, 0) is 54.1 Å². The summed E-state index contributed by atoms with van der Waals surface area (Å²) in [5, 5.41) is 4.02. The van der Waals surface area contributed by atoms with E-state index in [0.29, 0.717) is 24.2 Å². The van der Waals surface area contributed by atoms with Gasteiger partial charge in [0, 0.05) is 25.7 Å². The normalized spacial score (nSPS) is 19.6. The number of benzene rings is 2. The molecule has 0 spiro atoms. The lowest BCUT2D eigenvalue weighted by atomic mass is 9.98. The van der Waals surface area contributed by atoms with Gasteiger partial charge in [0.1, 0.15) is 30.7 Å². The van der Waals surface area contributed by atoms with Gasteiger partial charge in [-0.1, -0.05) is 119 Å². The van der Waals surface area contributed by atoms with Crippen LogP contribution in [0, 0.1) is 0 Å². The molecule has 332 valence electrons. The summed E-state index contributed by atoms with van der Waals surface area (Å²) in [5.41, 5.74) is 10.8. The van der Waals surface area contributed by atoms with Crippen molar-refractivity contribution in [3.05, 3.63) is 76.2 Å². The zero-order valence-corrected chi connectivity index (χ0v) is 36.0. The van der Waals surface area contributed by atoms with Crippen molar-refractivity contribution in [1.29, 1.82) is 0 Å². The van der Waals surface area contributed by atoms with Crippen molar-refractivity contribution >= 4 is 23.9 Å². The molecule has 0 unspecified atom stereocenters. The third-order valence-corrected chi connectivity index (χ3v) is 10.2. The first kappa shape index (κ1) is 49.7. The SMILES string of the molecule is CCCCCCCCCCCCCCC[C@@H](OC(=O)c1ccccc1)[C@H](CO[C@H]1O[C@H](COC(C)=O)[C@H](OC(C)=O)[C@H](OC(C)=O)[C@H]1OCc1ccc(OC)cc1)N=[N+]=[N-]. The van der Waals surface area contributed by atoms with Gasteiger partial charge in [0.2, 0.25) is 0 Å².